The molecule has 2 unspecified atom stereocenters. The molecular weight excluding hydrogens is 682 g/mol. The fourth-order valence-corrected chi connectivity index (χ4v) is 4.66. The van der Waals surface area contributed by atoms with Crippen LogP contribution in [-0.4, -0.2) is 93.8 Å². The summed E-state index contributed by atoms with van der Waals surface area (Å²) in [6, 6.07) is 17.1. The maximum atomic E-state index is 12.8. The number of carbonyl (C=O) groups is 6. The number of esters is 2. The maximum absolute atomic E-state index is 12.8. The van der Waals surface area contributed by atoms with E-state index in [0.29, 0.717) is 12.8 Å². The summed E-state index contributed by atoms with van der Waals surface area (Å²) in [6.45, 7) is 10.2. The van der Waals surface area contributed by atoms with Crippen molar-refractivity contribution in [2.24, 2.45) is 5.10 Å². The summed E-state index contributed by atoms with van der Waals surface area (Å²) in [5.74, 6) is -3.15. The molecule has 0 bridgehead atoms. The highest BCUT2D eigenvalue weighted by molar-refractivity contribution is 6.41. The molecule has 53 heavy (non-hydrogen) atoms. The van der Waals surface area contributed by atoms with Crippen molar-refractivity contribution in [3.8, 4) is 0 Å². The van der Waals surface area contributed by atoms with E-state index in [-0.39, 0.29) is 32.0 Å². The summed E-state index contributed by atoms with van der Waals surface area (Å²) in [6.07, 6.45) is 5.59. The average molecular weight is 736 g/mol. The average Bonchev–Trinajstić information content (AvgIpc) is 3.18. The van der Waals surface area contributed by atoms with Crippen LogP contribution < -0.4 is 32.0 Å². The molecule has 15 heteroatoms. The third-order valence-electron chi connectivity index (χ3n) is 7.28. The Labute approximate surface area is 311 Å². The number of rotatable bonds is 22. The van der Waals surface area contributed by atoms with E-state index < -0.39 is 53.7 Å². The number of hydrazone groups is 1. The van der Waals surface area contributed by atoms with E-state index in [0.717, 1.165) is 24.0 Å². The minimum absolute atomic E-state index is 0.0519. The molecule has 0 aliphatic heterocycles. The van der Waals surface area contributed by atoms with Crippen LogP contribution in [0.15, 0.2) is 91.1 Å². The van der Waals surface area contributed by atoms with Gasteiger partial charge in [0, 0.05) is 0 Å². The number of nitrogens with one attached hydrogen (secondary N) is 6. The number of nitrogens with zero attached hydrogens (tertiary/aromatic N) is 1. The van der Waals surface area contributed by atoms with Crippen LogP contribution in [0.5, 0.6) is 0 Å². The predicted molar refractivity (Wildman–Crippen MR) is 203 cm³/mol. The molecule has 0 aliphatic carbocycles. The molecule has 0 saturated heterocycles. The van der Waals surface area contributed by atoms with Crippen molar-refractivity contribution in [2.45, 2.75) is 57.7 Å². The number of carbonyl (C=O) groups excluding carboxylic acids is 6. The fourth-order valence-electron chi connectivity index (χ4n) is 4.66. The topological polar surface area (TPSA) is 205 Å². The van der Waals surface area contributed by atoms with E-state index >= 15 is 0 Å². The van der Waals surface area contributed by atoms with E-state index in [2.05, 4.69) is 55.0 Å². The molecule has 0 saturated carbocycles. The Morgan fingerprint density at radius 3 is 1.58 bits per heavy atom. The maximum Gasteiger partial charge on any atom is 0.335 e. The molecule has 4 amide bonds. The highest BCUT2D eigenvalue weighted by Gasteiger charge is 2.24. The first-order chi connectivity index (χ1) is 25.6. The fraction of sp³-hybridized carbons (Fsp3) is 0.395. The third kappa shape index (κ3) is 17.9. The van der Waals surface area contributed by atoms with E-state index in [1.165, 1.54) is 12.2 Å². The quantitative estimate of drug-likeness (QED) is 0.0343. The van der Waals surface area contributed by atoms with Crippen molar-refractivity contribution in [1.29, 1.82) is 0 Å². The molecule has 2 aromatic rings. The Morgan fingerprint density at radius 1 is 0.698 bits per heavy atom. The first kappa shape index (κ1) is 45.4. The molecule has 2 atom stereocenters. The largest absolute Gasteiger partial charge is 0.460 e. The molecular formula is C38H53N7O8. The highest BCUT2D eigenvalue weighted by Crippen LogP contribution is 2.21. The molecule has 0 spiro atoms. The second-order valence-corrected chi connectivity index (χ2v) is 11.3. The number of ether oxygens (including phenoxy) is 2. The van der Waals surface area contributed by atoms with Crippen molar-refractivity contribution in [1.82, 2.24) is 32.0 Å². The number of ketones is 1. The predicted octanol–water partition coefficient (Wildman–Crippen LogP) is 2.45. The van der Waals surface area contributed by atoms with Gasteiger partial charge in [0.15, 0.2) is 0 Å². The van der Waals surface area contributed by atoms with Crippen LogP contribution >= 0.6 is 0 Å². The number of likely N-dealkylation sites (N-methyl/N-ethyl adjacent to an activating group) is 1. The first-order valence-corrected chi connectivity index (χ1v) is 17.3. The van der Waals surface area contributed by atoms with Crippen molar-refractivity contribution in [3.63, 3.8) is 0 Å². The Morgan fingerprint density at radius 2 is 1.15 bits per heavy atom. The molecule has 15 nitrogen and oxygen atoms in total. The van der Waals surface area contributed by atoms with Crippen molar-refractivity contribution in [2.75, 3.05) is 40.4 Å². The van der Waals surface area contributed by atoms with Crippen molar-refractivity contribution < 1.29 is 38.2 Å². The van der Waals surface area contributed by atoms with Gasteiger partial charge in [0.1, 0.15) is 32.0 Å². The molecule has 288 valence electrons. The standard InChI is InChI=1S/C26H33N5O4.C12H20N2O4/c1-4-12-21(27-3)24(25(33)28-18-22(32)35-17-5-2)30-31-26(34)29-23(19-13-8-6-9-14-19)20-15-10-7-11-16-20;1-4-6-9(13-3)11(16)12(17)14-8-10(15)18-7-5-2/h5-11,13-16,21,23,27H,2,4,12,17-18H2,1,3H3,(H,28,33)(H2,29,31,34);5,9,13H,2,4,6-8H2,1,3H3,(H,14,17)/b30-24+;. The molecule has 2 aromatic carbocycles. The second kappa shape index (κ2) is 27.0. The van der Waals surface area contributed by atoms with Crippen molar-refractivity contribution in [3.05, 3.63) is 97.1 Å². The number of Topliss-reactive ketones (excluding diaryl/α,β-unsaturated/α-hetero) is 1. The van der Waals surface area contributed by atoms with Crippen LogP contribution in [0.4, 0.5) is 4.79 Å². The second-order valence-electron chi connectivity index (χ2n) is 11.3. The molecule has 0 aliphatic rings. The van der Waals surface area contributed by atoms with Gasteiger partial charge in [-0.3, -0.25) is 24.0 Å². The summed E-state index contributed by atoms with van der Waals surface area (Å²) in [5.41, 5.74) is 4.28. The molecule has 6 N–H and O–H groups in total. The van der Waals surface area contributed by atoms with E-state index in [9.17, 15) is 28.8 Å². The minimum Gasteiger partial charge on any atom is -0.460 e. The van der Waals surface area contributed by atoms with Gasteiger partial charge in [0.2, 0.25) is 5.78 Å². The summed E-state index contributed by atoms with van der Waals surface area (Å²) < 4.78 is 9.53. The third-order valence-corrected chi connectivity index (χ3v) is 7.28. The zero-order valence-electron chi connectivity index (χ0n) is 30.9. The van der Waals surface area contributed by atoms with E-state index in [1.54, 1.807) is 14.1 Å². The molecule has 2 rings (SSSR count). The van der Waals surface area contributed by atoms with Gasteiger partial charge in [-0.2, -0.15) is 5.10 Å². The zero-order chi connectivity index (χ0) is 39.4. The van der Waals surface area contributed by atoms with Gasteiger partial charge >= 0.3 is 18.0 Å². The number of urea groups is 1. The van der Waals surface area contributed by atoms with Gasteiger partial charge in [0.05, 0.1) is 18.1 Å². The summed E-state index contributed by atoms with van der Waals surface area (Å²) in [4.78, 5) is 71.5. The van der Waals surface area contributed by atoms with Crippen LogP contribution in [0.1, 0.15) is 56.7 Å². The lowest BCUT2D eigenvalue weighted by Gasteiger charge is -2.20. The van der Waals surface area contributed by atoms with Crippen LogP contribution in [0.25, 0.3) is 0 Å². The number of hydrogen-bond acceptors (Lipinski definition) is 11. The highest BCUT2D eigenvalue weighted by atomic mass is 16.5. The van der Waals surface area contributed by atoms with Gasteiger partial charge < -0.3 is 36.1 Å². The zero-order valence-corrected chi connectivity index (χ0v) is 30.9. The lowest BCUT2D eigenvalue weighted by atomic mass is 9.99. The Bertz CT molecular complexity index is 1460. The lowest BCUT2D eigenvalue weighted by Crippen LogP contribution is -2.47. The number of amides is 4. The number of hydrogen-bond donors (Lipinski definition) is 6. The van der Waals surface area contributed by atoms with Crippen LogP contribution in [-0.2, 0) is 33.4 Å². The molecule has 0 radical (unpaired) electrons. The molecule has 0 fully saturated rings. The molecule has 0 heterocycles. The van der Waals surface area contributed by atoms with Gasteiger partial charge in [-0.05, 0) is 38.1 Å². The first-order valence-electron chi connectivity index (χ1n) is 17.3. The summed E-state index contributed by atoms with van der Waals surface area (Å²) >= 11 is 0. The lowest BCUT2D eigenvalue weighted by molar-refractivity contribution is -0.144. The van der Waals surface area contributed by atoms with Gasteiger partial charge in [0.25, 0.3) is 11.8 Å². The minimum atomic E-state index is -0.779. The normalized spacial score (nSPS) is 11.8. The van der Waals surface area contributed by atoms with E-state index in [4.69, 9.17) is 4.74 Å². The summed E-state index contributed by atoms with van der Waals surface area (Å²) in [7, 11) is 3.31. The smallest absolute Gasteiger partial charge is 0.335 e. The molecule has 0 aromatic heterocycles. The summed E-state index contributed by atoms with van der Waals surface area (Å²) in [5, 5.41) is 17.5. The SMILES string of the molecule is C=CCOC(=O)CNC(=O)/C(=N/NC(=O)NC(c1ccccc1)c1ccccc1)C(CCC)NC.C=CCOC(=O)CNC(=O)C(=O)C(CCC)NC. The Hall–Kier alpha value is -5.67. The van der Waals surface area contributed by atoms with Crippen LogP contribution in [0.2, 0.25) is 0 Å². The van der Waals surface area contributed by atoms with Crippen molar-refractivity contribution >= 4 is 41.3 Å². The van der Waals surface area contributed by atoms with Crippen LogP contribution in [0.3, 0.4) is 0 Å². The van der Waals surface area contributed by atoms with Gasteiger partial charge in [-0.15, -0.1) is 0 Å². The van der Waals surface area contributed by atoms with Gasteiger partial charge in [-0.25, -0.2) is 10.2 Å². The monoisotopic (exact) mass is 735 g/mol. The van der Waals surface area contributed by atoms with Crippen LogP contribution in [0, 0.1) is 0 Å². The Balaban J connectivity index is 0.000000659. The van der Waals surface area contributed by atoms with Gasteiger partial charge in [-0.1, -0.05) is 113 Å². The number of benzene rings is 2. The van der Waals surface area contributed by atoms with E-state index in [1.807, 2.05) is 74.5 Å². The Kier molecular flexibility index (Phi) is 23.1.